The summed E-state index contributed by atoms with van der Waals surface area (Å²) in [5.74, 6) is 1.16. The molecule has 0 heterocycles. The summed E-state index contributed by atoms with van der Waals surface area (Å²) in [4.78, 5) is 11.6. The van der Waals surface area contributed by atoms with Gasteiger partial charge in [-0.2, -0.15) is 0 Å². The third-order valence-electron chi connectivity index (χ3n) is 3.84. The minimum absolute atomic E-state index is 0.00834. The number of nitrogens with two attached hydrogens (primary N) is 1. The van der Waals surface area contributed by atoms with Gasteiger partial charge in [0.25, 0.3) is 8.32 Å². The summed E-state index contributed by atoms with van der Waals surface area (Å²) in [5, 5.41) is 0.101. The predicted octanol–water partition coefficient (Wildman–Crippen LogP) is 3.22. The molecule has 2 N–H and O–H groups in total. The standard InChI is InChI=1S/C15H25NO3Si/c1-15(2,3)20(5,6)19-13-8-7-11(12(17)10-16)9-14(13)18-4/h7-9H,10,16H2,1-6H3. The van der Waals surface area contributed by atoms with Crippen molar-refractivity contribution < 1.29 is 14.0 Å². The van der Waals surface area contributed by atoms with Crippen molar-refractivity contribution in [2.75, 3.05) is 13.7 Å². The van der Waals surface area contributed by atoms with Gasteiger partial charge in [0.15, 0.2) is 11.5 Å². The summed E-state index contributed by atoms with van der Waals surface area (Å²) in [6.45, 7) is 10.9. The van der Waals surface area contributed by atoms with Crippen LogP contribution in [0.3, 0.4) is 0 Å². The Morgan fingerprint density at radius 2 is 1.85 bits per heavy atom. The van der Waals surface area contributed by atoms with E-state index in [0.29, 0.717) is 17.1 Å². The Morgan fingerprint density at radius 1 is 1.25 bits per heavy atom. The molecule has 0 bridgehead atoms. The van der Waals surface area contributed by atoms with Crippen LogP contribution in [0.1, 0.15) is 31.1 Å². The number of ether oxygens (including phenoxy) is 1. The van der Waals surface area contributed by atoms with Crippen LogP contribution in [0.2, 0.25) is 18.1 Å². The highest BCUT2D eigenvalue weighted by atomic mass is 28.4. The molecule has 112 valence electrons. The SMILES string of the molecule is COc1cc(C(=O)CN)ccc1O[Si](C)(C)C(C)(C)C. The Kier molecular flexibility index (Phi) is 4.99. The van der Waals surface area contributed by atoms with E-state index in [1.165, 1.54) is 0 Å². The van der Waals surface area contributed by atoms with E-state index in [1.807, 2.05) is 0 Å². The van der Waals surface area contributed by atoms with Gasteiger partial charge in [0.2, 0.25) is 0 Å². The molecule has 20 heavy (non-hydrogen) atoms. The lowest BCUT2D eigenvalue weighted by Gasteiger charge is -2.36. The molecular formula is C15H25NO3Si. The van der Waals surface area contributed by atoms with Crippen molar-refractivity contribution in [3.63, 3.8) is 0 Å². The maximum atomic E-state index is 11.6. The number of carbonyl (C=O) groups is 1. The molecule has 0 aliphatic carbocycles. The quantitative estimate of drug-likeness (QED) is 0.669. The molecule has 1 rings (SSSR count). The molecule has 0 aliphatic heterocycles. The molecule has 0 aliphatic rings. The monoisotopic (exact) mass is 295 g/mol. The number of methoxy groups -OCH3 is 1. The van der Waals surface area contributed by atoms with Gasteiger partial charge in [0.05, 0.1) is 13.7 Å². The van der Waals surface area contributed by atoms with Gasteiger partial charge in [0.1, 0.15) is 5.75 Å². The first-order valence-corrected chi connectivity index (χ1v) is 9.63. The van der Waals surface area contributed by atoms with E-state index in [9.17, 15) is 4.79 Å². The molecule has 0 fully saturated rings. The van der Waals surface area contributed by atoms with Gasteiger partial charge in [-0.3, -0.25) is 4.79 Å². The Balaban J connectivity index is 3.11. The zero-order valence-corrected chi connectivity index (χ0v) is 14.2. The van der Waals surface area contributed by atoms with Crippen LogP contribution in [0.5, 0.6) is 11.5 Å². The van der Waals surface area contributed by atoms with Gasteiger partial charge in [-0.25, -0.2) is 0 Å². The molecule has 0 atom stereocenters. The minimum atomic E-state index is -1.94. The molecule has 4 nitrogen and oxygen atoms in total. The van der Waals surface area contributed by atoms with Crippen LogP contribution in [0.25, 0.3) is 0 Å². The van der Waals surface area contributed by atoms with Crippen LogP contribution < -0.4 is 14.9 Å². The van der Waals surface area contributed by atoms with E-state index in [4.69, 9.17) is 14.9 Å². The van der Waals surface area contributed by atoms with Crippen molar-refractivity contribution >= 4 is 14.1 Å². The van der Waals surface area contributed by atoms with Gasteiger partial charge < -0.3 is 14.9 Å². The number of hydrogen-bond donors (Lipinski definition) is 1. The summed E-state index contributed by atoms with van der Waals surface area (Å²) >= 11 is 0. The van der Waals surface area contributed by atoms with Crippen molar-refractivity contribution in [3.8, 4) is 11.5 Å². The van der Waals surface area contributed by atoms with E-state index in [2.05, 4.69) is 33.9 Å². The zero-order chi connectivity index (χ0) is 15.6. The summed E-state index contributed by atoms with van der Waals surface area (Å²) < 4.78 is 11.6. The fraction of sp³-hybridized carbons (Fsp3) is 0.533. The lowest BCUT2D eigenvalue weighted by Crippen LogP contribution is -2.43. The number of hydrogen-bond acceptors (Lipinski definition) is 4. The Bertz CT molecular complexity index is 492. The summed E-state index contributed by atoms with van der Waals surface area (Å²) in [5.41, 5.74) is 5.93. The third-order valence-corrected chi connectivity index (χ3v) is 8.18. The summed E-state index contributed by atoms with van der Waals surface area (Å²) in [6.07, 6.45) is 0. The molecule has 0 aromatic heterocycles. The third kappa shape index (κ3) is 3.61. The lowest BCUT2D eigenvalue weighted by molar-refractivity contribution is 0.100. The highest BCUT2D eigenvalue weighted by Crippen LogP contribution is 2.40. The molecule has 0 unspecified atom stereocenters. The maximum Gasteiger partial charge on any atom is 0.250 e. The van der Waals surface area contributed by atoms with Crippen molar-refractivity contribution in [1.29, 1.82) is 0 Å². The minimum Gasteiger partial charge on any atom is -0.541 e. The molecule has 0 saturated heterocycles. The molecule has 1 aromatic rings. The Morgan fingerprint density at radius 3 is 2.30 bits per heavy atom. The van der Waals surface area contributed by atoms with Gasteiger partial charge in [-0.15, -0.1) is 0 Å². The first-order valence-electron chi connectivity index (χ1n) is 6.72. The van der Waals surface area contributed by atoms with Crippen LogP contribution in [0.15, 0.2) is 18.2 Å². The number of Topliss-reactive ketones (excluding diaryl/α,β-unsaturated/α-hetero) is 1. The normalized spacial score (nSPS) is 12.2. The van der Waals surface area contributed by atoms with Crippen molar-refractivity contribution in [2.45, 2.75) is 38.9 Å². The van der Waals surface area contributed by atoms with Crippen molar-refractivity contribution in [1.82, 2.24) is 0 Å². The fourth-order valence-electron chi connectivity index (χ4n) is 1.47. The molecule has 0 amide bonds. The second kappa shape index (κ2) is 5.97. The average molecular weight is 295 g/mol. The van der Waals surface area contributed by atoms with Gasteiger partial charge in [0, 0.05) is 5.56 Å². The summed E-state index contributed by atoms with van der Waals surface area (Å²) in [6, 6.07) is 5.22. The van der Waals surface area contributed by atoms with Gasteiger partial charge >= 0.3 is 0 Å². The molecule has 0 radical (unpaired) electrons. The maximum absolute atomic E-state index is 11.6. The van der Waals surface area contributed by atoms with Crippen LogP contribution >= 0.6 is 0 Å². The first-order chi connectivity index (χ1) is 9.12. The van der Waals surface area contributed by atoms with Crippen molar-refractivity contribution in [2.24, 2.45) is 5.73 Å². The number of rotatable bonds is 5. The average Bonchev–Trinajstić information content (AvgIpc) is 2.36. The van der Waals surface area contributed by atoms with Crippen LogP contribution in [-0.4, -0.2) is 27.8 Å². The zero-order valence-electron chi connectivity index (χ0n) is 13.2. The molecule has 1 aromatic carbocycles. The Hall–Kier alpha value is -1.33. The summed E-state index contributed by atoms with van der Waals surface area (Å²) in [7, 11) is -0.362. The van der Waals surface area contributed by atoms with E-state index < -0.39 is 8.32 Å². The van der Waals surface area contributed by atoms with Gasteiger partial charge in [-0.1, -0.05) is 20.8 Å². The number of carbonyl (C=O) groups excluding carboxylic acids is 1. The second-order valence-corrected chi connectivity index (χ2v) is 11.1. The number of benzene rings is 1. The van der Waals surface area contributed by atoms with Gasteiger partial charge in [-0.05, 0) is 36.3 Å². The molecule has 0 spiro atoms. The van der Waals surface area contributed by atoms with Crippen LogP contribution in [0.4, 0.5) is 0 Å². The molecular weight excluding hydrogens is 270 g/mol. The molecule has 5 heteroatoms. The van der Waals surface area contributed by atoms with E-state index in [1.54, 1.807) is 25.3 Å². The van der Waals surface area contributed by atoms with Crippen LogP contribution in [0, 0.1) is 0 Å². The lowest BCUT2D eigenvalue weighted by atomic mass is 10.1. The number of ketones is 1. The van der Waals surface area contributed by atoms with E-state index in [0.717, 1.165) is 0 Å². The molecule has 0 saturated carbocycles. The highest BCUT2D eigenvalue weighted by molar-refractivity contribution is 6.74. The van der Waals surface area contributed by atoms with Crippen molar-refractivity contribution in [3.05, 3.63) is 23.8 Å². The van der Waals surface area contributed by atoms with Crippen LogP contribution in [-0.2, 0) is 0 Å². The highest BCUT2D eigenvalue weighted by Gasteiger charge is 2.39. The second-order valence-electron chi connectivity index (χ2n) is 6.36. The first kappa shape index (κ1) is 16.7. The smallest absolute Gasteiger partial charge is 0.250 e. The topological polar surface area (TPSA) is 61.5 Å². The Labute approximate surface area is 122 Å². The van der Waals surface area contributed by atoms with E-state index >= 15 is 0 Å². The van der Waals surface area contributed by atoms with E-state index in [-0.39, 0.29) is 17.4 Å². The fourth-order valence-corrected chi connectivity index (χ4v) is 2.50. The predicted molar refractivity (Wildman–Crippen MR) is 84.2 cm³/mol. The largest absolute Gasteiger partial charge is 0.541 e.